The Hall–Kier alpha value is -2.12. The van der Waals surface area contributed by atoms with E-state index in [1.807, 2.05) is 24.8 Å². The zero-order valence-electron chi connectivity index (χ0n) is 15.4. The van der Waals surface area contributed by atoms with Crippen LogP contribution in [0.3, 0.4) is 0 Å². The molecule has 2 fully saturated rings. The maximum absolute atomic E-state index is 13.1. The number of aromatic nitrogens is 1. The van der Waals surface area contributed by atoms with Gasteiger partial charge in [-0.05, 0) is 32.8 Å². The summed E-state index contributed by atoms with van der Waals surface area (Å²) in [4.78, 5) is 17.3. The van der Waals surface area contributed by atoms with Crippen LogP contribution in [0.15, 0.2) is 21.3 Å². The number of furan rings is 1. The fourth-order valence-electron chi connectivity index (χ4n) is 4.00. The van der Waals surface area contributed by atoms with Crippen LogP contribution in [0.4, 0.5) is 0 Å². The Morgan fingerprint density at radius 3 is 2.81 bits per heavy atom. The van der Waals surface area contributed by atoms with Gasteiger partial charge >= 0.3 is 0 Å². The van der Waals surface area contributed by atoms with E-state index in [0.717, 1.165) is 68.5 Å². The summed E-state index contributed by atoms with van der Waals surface area (Å²) in [6, 6.07) is 1.91. The highest BCUT2D eigenvalue weighted by Gasteiger charge is 2.34. The quantitative estimate of drug-likeness (QED) is 0.836. The van der Waals surface area contributed by atoms with Crippen molar-refractivity contribution < 1.29 is 18.5 Å². The van der Waals surface area contributed by atoms with Gasteiger partial charge in [-0.1, -0.05) is 5.16 Å². The Bertz CT molecular complexity index is 756. The minimum atomic E-state index is 0.0180. The van der Waals surface area contributed by atoms with E-state index in [1.165, 1.54) is 0 Å². The van der Waals surface area contributed by atoms with E-state index in [0.29, 0.717) is 12.1 Å². The molecule has 2 aromatic rings. The maximum Gasteiger partial charge on any atom is 0.257 e. The molecule has 1 atom stereocenters. The first-order valence-corrected chi connectivity index (χ1v) is 9.24. The van der Waals surface area contributed by atoms with Crippen LogP contribution >= 0.6 is 0 Å². The van der Waals surface area contributed by atoms with E-state index >= 15 is 0 Å². The van der Waals surface area contributed by atoms with Gasteiger partial charge in [0.15, 0.2) is 0 Å². The summed E-state index contributed by atoms with van der Waals surface area (Å²) < 4.78 is 16.3. The second-order valence-corrected chi connectivity index (χ2v) is 7.08. The van der Waals surface area contributed by atoms with Gasteiger partial charge in [0.25, 0.3) is 5.91 Å². The Balaban J connectivity index is 1.48. The third-order valence-electron chi connectivity index (χ3n) is 5.32. The van der Waals surface area contributed by atoms with Crippen LogP contribution in [0.25, 0.3) is 0 Å². The molecule has 2 aliphatic rings. The van der Waals surface area contributed by atoms with E-state index in [2.05, 4.69) is 10.1 Å². The average Bonchev–Trinajstić information content (AvgIpc) is 3.36. The predicted octanol–water partition coefficient (Wildman–Crippen LogP) is 2.69. The summed E-state index contributed by atoms with van der Waals surface area (Å²) in [7, 11) is 0. The van der Waals surface area contributed by atoms with Crippen LogP contribution in [-0.2, 0) is 11.3 Å². The molecule has 7 heteroatoms. The van der Waals surface area contributed by atoms with E-state index in [4.69, 9.17) is 13.7 Å². The van der Waals surface area contributed by atoms with Gasteiger partial charge in [0, 0.05) is 25.2 Å². The molecule has 2 aromatic heterocycles. The Kier molecular flexibility index (Phi) is 4.82. The van der Waals surface area contributed by atoms with Gasteiger partial charge in [-0.15, -0.1) is 0 Å². The molecule has 0 spiro atoms. The lowest BCUT2D eigenvalue weighted by molar-refractivity contribution is 0.0313. The summed E-state index contributed by atoms with van der Waals surface area (Å²) >= 11 is 0. The molecule has 4 heterocycles. The number of carbonyl (C=O) groups is 1. The minimum absolute atomic E-state index is 0.0180. The van der Waals surface area contributed by atoms with E-state index < -0.39 is 0 Å². The molecule has 140 valence electrons. The number of nitrogens with zero attached hydrogens (tertiary/aromatic N) is 3. The molecule has 0 bridgehead atoms. The summed E-state index contributed by atoms with van der Waals surface area (Å²) in [5, 5.41) is 4.05. The van der Waals surface area contributed by atoms with E-state index in [1.54, 1.807) is 6.26 Å². The standard InChI is InChI=1S/C19H25N3O4/c1-13-18(14(2)26-20-13)17-4-3-5-22(17)19(23)15-10-16(25-12-15)11-21-6-8-24-9-7-21/h10,12,17H,3-9,11H2,1-2H3/t17-/m0/s1. The number of hydrogen-bond donors (Lipinski definition) is 0. The van der Waals surface area contributed by atoms with Crippen molar-refractivity contribution in [3.05, 3.63) is 40.7 Å². The monoisotopic (exact) mass is 359 g/mol. The SMILES string of the molecule is Cc1noc(C)c1[C@@H]1CCCN1C(=O)c1coc(CN2CCOCC2)c1. The topological polar surface area (TPSA) is 72.0 Å². The highest BCUT2D eigenvalue weighted by atomic mass is 16.5. The van der Waals surface area contributed by atoms with Crippen molar-refractivity contribution >= 4 is 5.91 Å². The number of rotatable bonds is 4. The number of hydrogen-bond acceptors (Lipinski definition) is 6. The lowest BCUT2D eigenvalue weighted by Gasteiger charge is -2.25. The number of likely N-dealkylation sites (tertiary alicyclic amines) is 1. The van der Waals surface area contributed by atoms with Crippen molar-refractivity contribution in [1.29, 1.82) is 0 Å². The van der Waals surface area contributed by atoms with Crippen LogP contribution in [0.1, 0.15) is 52.0 Å². The molecule has 1 amide bonds. The Labute approximate surface area is 152 Å². The summed E-state index contributed by atoms with van der Waals surface area (Å²) in [6.07, 6.45) is 3.51. The molecular weight excluding hydrogens is 334 g/mol. The van der Waals surface area contributed by atoms with Gasteiger partial charge < -0.3 is 18.6 Å². The van der Waals surface area contributed by atoms with Crippen LogP contribution in [0.5, 0.6) is 0 Å². The molecule has 4 rings (SSSR count). The highest BCUT2D eigenvalue weighted by Crippen LogP contribution is 2.36. The molecule has 7 nitrogen and oxygen atoms in total. The first-order valence-electron chi connectivity index (χ1n) is 9.24. The first kappa shape index (κ1) is 17.3. The number of ether oxygens (including phenoxy) is 1. The van der Waals surface area contributed by atoms with Gasteiger partial charge in [-0.3, -0.25) is 9.69 Å². The third kappa shape index (κ3) is 3.29. The first-order chi connectivity index (χ1) is 12.6. The zero-order valence-corrected chi connectivity index (χ0v) is 15.4. The van der Waals surface area contributed by atoms with E-state index in [-0.39, 0.29) is 11.9 Å². The summed E-state index contributed by atoms with van der Waals surface area (Å²) in [6.45, 7) is 8.59. The van der Waals surface area contributed by atoms with Gasteiger partial charge in [0.2, 0.25) is 0 Å². The van der Waals surface area contributed by atoms with Crippen molar-refractivity contribution in [3.8, 4) is 0 Å². The number of amides is 1. The fraction of sp³-hybridized carbons (Fsp3) is 0.579. The van der Waals surface area contributed by atoms with Gasteiger partial charge in [0.05, 0.1) is 37.1 Å². The molecule has 26 heavy (non-hydrogen) atoms. The molecule has 0 aliphatic carbocycles. The van der Waals surface area contributed by atoms with Crippen LogP contribution < -0.4 is 0 Å². The van der Waals surface area contributed by atoms with Gasteiger partial charge in [-0.2, -0.15) is 0 Å². The number of carbonyl (C=O) groups excluding carboxylic acids is 1. The molecular formula is C19H25N3O4. The molecule has 0 unspecified atom stereocenters. The van der Waals surface area contributed by atoms with Gasteiger partial charge in [0.1, 0.15) is 17.8 Å². The van der Waals surface area contributed by atoms with Crippen molar-refractivity contribution in [1.82, 2.24) is 15.0 Å². The smallest absolute Gasteiger partial charge is 0.257 e. The predicted molar refractivity (Wildman–Crippen MR) is 93.8 cm³/mol. The third-order valence-corrected chi connectivity index (χ3v) is 5.32. The normalized spacial score (nSPS) is 21.5. The van der Waals surface area contributed by atoms with Crippen LogP contribution in [0, 0.1) is 13.8 Å². The lowest BCUT2D eigenvalue weighted by Crippen LogP contribution is -2.35. The van der Waals surface area contributed by atoms with Crippen LogP contribution in [0.2, 0.25) is 0 Å². The van der Waals surface area contributed by atoms with Crippen molar-refractivity contribution in [2.24, 2.45) is 0 Å². The second-order valence-electron chi connectivity index (χ2n) is 7.08. The largest absolute Gasteiger partial charge is 0.467 e. The molecule has 0 N–H and O–H groups in total. The molecule has 2 saturated heterocycles. The van der Waals surface area contributed by atoms with Crippen molar-refractivity contribution in [2.75, 3.05) is 32.8 Å². The van der Waals surface area contributed by atoms with Gasteiger partial charge in [-0.25, -0.2) is 0 Å². The lowest BCUT2D eigenvalue weighted by atomic mass is 10.0. The molecule has 0 saturated carbocycles. The van der Waals surface area contributed by atoms with Crippen molar-refractivity contribution in [2.45, 2.75) is 39.3 Å². The molecule has 0 aromatic carbocycles. The zero-order chi connectivity index (χ0) is 18.1. The van der Waals surface area contributed by atoms with Crippen LogP contribution in [-0.4, -0.2) is 53.7 Å². The molecule has 2 aliphatic heterocycles. The number of morpholine rings is 1. The fourth-order valence-corrected chi connectivity index (χ4v) is 4.00. The summed E-state index contributed by atoms with van der Waals surface area (Å²) in [5.74, 6) is 1.64. The maximum atomic E-state index is 13.1. The minimum Gasteiger partial charge on any atom is -0.467 e. The number of aryl methyl sites for hydroxylation is 2. The highest BCUT2D eigenvalue weighted by molar-refractivity contribution is 5.94. The summed E-state index contributed by atoms with van der Waals surface area (Å²) in [5.41, 5.74) is 2.53. The Morgan fingerprint density at radius 1 is 1.27 bits per heavy atom. The van der Waals surface area contributed by atoms with Crippen molar-refractivity contribution in [3.63, 3.8) is 0 Å². The average molecular weight is 359 g/mol. The van der Waals surface area contributed by atoms with E-state index in [9.17, 15) is 4.79 Å². The Morgan fingerprint density at radius 2 is 2.08 bits per heavy atom. The second kappa shape index (κ2) is 7.25. The molecule has 0 radical (unpaired) electrons.